The van der Waals surface area contributed by atoms with Gasteiger partial charge in [-0.05, 0) is 36.6 Å². The molecule has 4 rings (SSSR count). The van der Waals surface area contributed by atoms with Crippen LogP contribution in [0.25, 0.3) is 10.8 Å². The van der Waals surface area contributed by atoms with E-state index in [1.807, 2.05) is 18.2 Å². The SMILES string of the molecule is O=c1c2ccccc2cnn1CN(Cc1ccc(C(F)(F)F)cc1)C1CC1. The summed E-state index contributed by atoms with van der Waals surface area (Å²) < 4.78 is 39.6. The van der Waals surface area contributed by atoms with Gasteiger partial charge in [0, 0.05) is 18.0 Å². The molecule has 140 valence electrons. The summed E-state index contributed by atoms with van der Waals surface area (Å²) in [4.78, 5) is 14.8. The summed E-state index contributed by atoms with van der Waals surface area (Å²) >= 11 is 0. The normalized spacial score (nSPS) is 14.8. The van der Waals surface area contributed by atoms with E-state index in [9.17, 15) is 18.0 Å². The maximum absolute atomic E-state index is 12.7. The van der Waals surface area contributed by atoms with Crippen molar-refractivity contribution in [2.75, 3.05) is 0 Å². The number of nitrogens with zero attached hydrogens (tertiary/aromatic N) is 3. The van der Waals surface area contributed by atoms with Gasteiger partial charge in [0.25, 0.3) is 5.56 Å². The number of halogens is 3. The minimum Gasteiger partial charge on any atom is -0.277 e. The second-order valence-electron chi connectivity index (χ2n) is 6.85. The van der Waals surface area contributed by atoms with Crippen LogP contribution < -0.4 is 5.56 Å². The highest BCUT2D eigenvalue weighted by Gasteiger charge is 2.31. The lowest BCUT2D eigenvalue weighted by Gasteiger charge is -2.22. The Morgan fingerprint density at radius 1 is 1.07 bits per heavy atom. The Labute approximate surface area is 153 Å². The monoisotopic (exact) mass is 373 g/mol. The maximum atomic E-state index is 12.7. The predicted molar refractivity (Wildman–Crippen MR) is 96.0 cm³/mol. The van der Waals surface area contributed by atoms with Crippen molar-refractivity contribution in [2.24, 2.45) is 0 Å². The third-order valence-electron chi connectivity index (χ3n) is 4.81. The summed E-state index contributed by atoms with van der Waals surface area (Å²) in [5.74, 6) is 0. The molecule has 0 atom stereocenters. The van der Waals surface area contributed by atoms with E-state index in [1.54, 1.807) is 12.3 Å². The number of fused-ring (bicyclic) bond motifs is 1. The molecule has 3 aromatic rings. The van der Waals surface area contributed by atoms with Gasteiger partial charge in [-0.1, -0.05) is 30.3 Å². The van der Waals surface area contributed by atoms with Crippen LogP contribution in [0.3, 0.4) is 0 Å². The molecule has 0 aliphatic heterocycles. The molecule has 0 spiro atoms. The summed E-state index contributed by atoms with van der Waals surface area (Å²) in [6.45, 7) is 0.791. The van der Waals surface area contributed by atoms with Crippen LogP contribution in [0.1, 0.15) is 24.0 Å². The minimum absolute atomic E-state index is 0.161. The fourth-order valence-corrected chi connectivity index (χ4v) is 3.17. The molecule has 2 aromatic carbocycles. The van der Waals surface area contributed by atoms with Crippen molar-refractivity contribution in [3.8, 4) is 0 Å². The summed E-state index contributed by atoms with van der Waals surface area (Å²) in [7, 11) is 0. The number of hydrogen-bond donors (Lipinski definition) is 0. The molecule has 7 heteroatoms. The van der Waals surface area contributed by atoms with E-state index in [4.69, 9.17) is 0 Å². The summed E-state index contributed by atoms with van der Waals surface area (Å²) in [5, 5.41) is 5.66. The Kier molecular flexibility index (Phi) is 4.47. The smallest absolute Gasteiger partial charge is 0.277 e. The number of aromatic nitrogens is 2. The Bertz CT molecular complexity index is 1010. The van der Waals surface area contributed by atoms with Gasteiger partial charge in [-0.2, -0.15) is 18.3 Å². The van der Waals surface area contributed by atoms with Crippen molar-refractivity contribution in [3.05, 3.63) is 76.2 Å². The van der Waals surface area contributed by atoms with Gasteiger partial charge in [-0.25, -0.2) is 4.68 Å². The maximum Gasteiger partial charge on any atom is 0.416 e. The van der Waals surface area contributed by atoms with Crippen LogP contribution in [0.4, 0.5) is 13.2 Å². The van der Waals surface area contributed by atoms with Crippen LogP contribution in [0.2, 0.25) is 0 Å². The molecular formula is C20H18F3N3O. The van der Waals surface area contributed by atoms with Gasteiger partial charge in [0.1, 0.15) is 0 Å². The molecule has 0 radical (unpaired) electrons. The zero-order valence-corrected chi connectivity index (χ0v) is 14.5. The average Bonchev–Trinajstić information content (AvgIpc) is 3.48. The zero-order valence-electron chi connectivity index (χ0n) is 14.5. The third-order valence-corrected chi connectivity index (χ3v) is 4.81. The van der Waals surface area contributed by atoms with Gasteiger partial charge in [0.05, 0.1) is 23.8 Å². The molecule has 1 heterocycles. The number of alkyl halides is 3. The Morgan fingerprint density at radius 2 is 1.78 bits per heavy atom. The first-order valence-corrected chi connectivity index (χ1v) is 8.77. The van der Waals surface area contributed by atoms with Crippen molar-refractivity contribution in [1.29, 1.82) is 0 Å². The fourth-order valence-electron chi connectivity index (χ4n) is 3.17. The largest absolute Gasteiger partial charge is 0.416 e. The molecule has 0 unspecified atom stereocenters. The van der Waals surface area contributed by atoms with Crippen LogP contribution in [0.15, 0.2) is 59.5 Å². The second kappa shape index (κ2) is 6.81. The van der Waals surface area contributed by atoms with Crippen LogP contribution in [-0.2, 0) is 19.4 Å². The first-order valence-electron chi connectivity index (χ1n) is 8.77. The highest BCUT2D eigenvalue weighted by Crippen LogP contribution is 2.31. The molecule has 0 bridgehead atoms. The van der Waals surface area contributed by atoms with Crippen LogP contribution >= 0.6 is 0 Å². The van der Waals surface area contributed by atoms with E-state index < -0.39 is 11.7 Å². The van der Waals surface area contributed by atoms with Crippen molar-refractivity contribution < 1.29 is 13.2 Å². The predicted octanol–water partition coefficient (Wildman–Crippen LogP) is 4.04. The van der Waals surface area contributed by atoms with Gasteiger partial charge < -0.3 is 0 Å². The first kappa shape index (κ1) is 17.7. The molecule has 0 N–H and O–H groups in total. The molecule has 27 heavy (non-hydrogen) atoms. The van der Waals surface area contributed by atoms with E-state index in [-0.39, 0.29) is 5.56 Å². The highest BCUT2D eigenvalue weighted by atomic mass is 19.4. The molecular weight excluding hydrogens is 355 g/mol. The van der Waals surface area contributed by atoms with E-state index >= 15 is 0 Å². The number of hydrogen-bond acceptors (Lipinski definition) is 3. The summed E-state index contributed by atoms with van der Waals surface area (Å²) in [6.07, 6.45) is -0.636. The molecule has 0 amide bonds. The summed E-state index contributed by atoms with van der Waals surface area (Å²) in [6, 6.07) is 12.8. The van der Waals surface area contributed by atoms with Crippen LogP contribution in [0.5, 0.6) is 0 Å². The first-order chi connectivity index (χ1) is 12.9. The van der Waals surface area contributed by atoms with Crippen molar-refractivity contribution in [1.82, 2.24) is 14.7 Å². The van der Waals surface area contributed by atoms with Gasteiger partial charge in [-0.15, -0.1) is 0 Å². The van der Waals surface area contributed by atoms with Gasteiger partial charge in [-0.3, -0.25) is 9.69 Å². The Balaban J connectivity index is 1.56. The van der Waals surface area contributed by atoms with Crippen LogP contribution in [-0.4, -0.2) is 20.7 Å². The highest BCUT2D eigenvalue weighted by molar-refractivity contribution is 5.80. The molecule has 1 fully saturated rings. The third kappa shape index (κ3) is 3.88. The molecule has 1 aliphatic rings. The van der Waals surface area contributed by atoms with Gasteiger partial charge in [0.2, 0.25) is 0 Å². The Hall–Kier alpha value is -2.67. The molecule has 0 saturated heterocycles. The zero-order chi connectivity index (χ0) is 19.0. The lowest BCUT2D eigenvalue weighted by Crippen LogP contribution is -2.34. The van der Waals surface area contributed by atoms with Gasteiger partial charge in [0.15, 0.2) is 0 Å². The van der Waals surface area contributed by atoms with Crippen LogP contribution in [0, 0.1) is 0 Å². The topological polar surface area (TPSA) is 38.1 Å². The van der Waals surface area contributed by atoms with Crippen molar-refractivity contribution in [3.63, 3.8) is 0 Å². The average molecular weight is 373 g/mol. The Morgan fingerprint density at radius 3 is 2.44 bits per heavy atom. The summed E-state index contributed by atoms with van der Waals surface area (Å²) in [5.41, 5.74) is -0.0356. The van der Waals surface area contributed by atoms with Gasteiger partial charge >= 0.3 is 6.18 Å². The fraction of sp³-hybridized carbons (Fsp3) is 0.300. The number of benzene rings is 2. The number of rotatable bonds is 5. The molecule has 1 saturated carbocycles. The molecule has 4 nitrogen and oxygen atoms in total. The molecule has 1 aromatic heterocycles. The second-order valence-corrected chi connectivity index (χ2v) is 6.85. The van der Waals surface area contributed by atoms with E-state index in [1.165, 1.54) is 16.8 Å². The van der Waals surface area contributed by atoms with E-state index in [0.717, 1.165) is 35.9 Å². The van der Waals surface area contributed by atoms with E-state index in [0.29, 0.717) is 24.6 Å². The van der Waals surface area contributed by atoms with E-state index in [2.05, 4.69) is 10.00 Å². The lowest BCUT2D eigenvalue weighted by molar-refractivity contribution is -0.137. The minimum atomic E-state index is -4.34. The lowest BCUT2D eigenvalue weighted by atomic mass is 10.1. The van der Waals surface area contributed by atoms with Crippen molar-refractivity contribution in [2.45, 2.75) is 38.3 Å². The quantitative estimate of drug-likeness (QED) is 0.678. The standard InChI is InChI=1S/C20H18F3N3O/c21-20(22,23)16-7-5-14(6-8-16)12-25(17-9-10-17)13-26-19(27)18-4-2-1-3-15(18)11-24-26/h1-8,11,17H,9-10,12-13H2. The molecule has 1 aliphatic carbocycles. The van der Waals surface area contributed by atoms with Crippen molar-refractivity contribution >= 4 is 10.8 Å².